The summed E-state index contributed by atoms with van der Waals surface area (Å²) in [5, 5.41) is 21.8. The third-order valence-corrected chi connectivity index (χ3v) is 5.00. The Morgan fingerprint density at radius 3 is 2.83 bits per heavy atom. The maximum Gasteiger partial charge on any atom is 0.134 e. The van der Waals surface area contributed by atoms with E-state index in [1.807, 2.05) is 18.2 Å². The van der Waals surface area contributed by atoms with E-state index in [1.54, 1.807) is 24.5 Å². The number of carbonyl (C=O) groups is 1. The van der Waals surface area contributed by atoms with Crippen LogP contribution >= 0.6 is 0 Å². The Labute approximate surface area is 141 Å². The van der Waals surface area contributed by atoms with E-state index in [0.29, 0.717) is 6.54 Å². The van der Waals surface area contributed by atoms with Crippen molar-refractivity contribution in [3.8, 4) is 5.75 Å². The zero-order chi connectivity index (χ0) is 17.2. The summed E-state index contributed by atoms with van der Waals surface area (Å²) in [5.41, 5.74) is 1.21. The third-order valence-electron chi connectivity index (χ3n) is 5.00. The van der Waals surface area contributed by atoms with Crippen molar-refractivity contribution in [3.05, 3.63) is 53.9 Å². The molecule has 1 fully saturated rings. The Balaban J connectivity index is 2.16. The lowest BCUT2D eigenvalue weighted by Gasteiger charge is -2.53. The Morgan fingerprint density at radius 2 is 2.17 bits per heavy atom. The van der Waals surface area contributed by atoms with Gasteiger partial charge in [-0.15, -0.1) is 0 Å². The van der Waals surface area contributed by atoms with Crippen LogP contribution in [0.5, 0.6) is 5.75 Å². The summed E-state index contributed by atoms with van der Waals surface area (Å²) in [6.45, 7) is 5.20. The summed E-state index contributed by atoms with van der Waals surface area (Å²) in [6, 6.07) is 9.20. The van der Waals surface area contributed by atoms with Crippen molar-refractivity contribution in [1.82, 2.24) is 20.4 Å². The van der Waals surface area contributed by atoms with Crippen LogP contribution in [0.4, 0.5) is 0 Å². The summed E-state index contributed by atoms with van der Waals surface area (Å²) < 4.78 is 0. The van der Waals surface area contributed by atoms with Gasteiger partial charge >= 0.3 is 0 Å². The fraction of sp³-hybridized carbons (Fsp3) is 0.389. The fourth-order valence-electron chi connectivity index (χ4n) is 3.74. The second-order valence-corrected chi connectivity index (χ2v) is 6.35. The van der Waals surface area contributed by atoms with Crippen LogP contribution in [0.1, 0.15) is 31.0 Å². The van der Waals surface area contributed by atoms with Crippen LogP contribution in [0.25, 0.3) is 0 Å². The number of aldehydes is 1. The molecule has 3 atom stereocenters. The van der Waals surface area contributed by atoms with Crippen molar-refractivity contribution in [3.63, 3.8) is 0 Å². The number of nitrogens with zero attached hydrogens (tertiary/aromatic N) is 3. The highest BCUT2D eigenvalue weighted by Gasteiger charge is 2.47. The number of nitrogens with one attached hydrogen (secondary N) is 1. The molecule has 1 aliphatic heterocycles. The van der Waals surface area contributed by atoms with E-state index < -0.39 is 5.54 Å². The molecule has 1 aromatic heterocycles. The van der Waals surface area contributed by atoms with Crippen molar-refractivity contribution < 1.29 is 9.90 Å². The molecule has 1 aromatic carbocycles. The van der Waals surface area contributed by atoms with Crippen LogP contribution < -0.4 is 5.32 Å². The molecule has 6 nitrogen and oxygen atoms in total. The molecule has 0 amide bonds. The zero-order valence-electron chi connectivity index (χ0n) is 13.9. The highest BCUT2D eigenvalue weighted by atomic mass is 16.3. The number of phenols is 1. The van der Waals surface area contributed by atoms with E-state index in [2.05, 4.69) is 34.3 Å². The number of carbonyl (C=O) groups excluding carboxylic acids is 1. The predicted octanol–water partition coefficient (Wildman–Crippen LogP) is 1.63. The summed E-state index contributed by atoms with van der Waals surface area (Å²) in [6.07, 6.45) is 4.31. The van der Waals surface area contributed by atoms with Gasteiger partial charge in [0.05, 0.1) is 24.3 Å². The molecule has 2 aromatic rings. The van der Waals surface area contributed by atoms with Crippen LogP contribution in [0.2, 0.25) is 0 Å². The van der Waals surface area contributed by atoms with Gasteiger partial charge in [-0.1, -0.05) is 18.2 Å². The molecule has 0 saturated carbocycles. The van der Waals surface area contributed by atoms with Crippen molar-refractivity contribution in [1.29, 1.82) is 0 Å². The summed E-state index contributed by atoms with van der Waals surface area (Å²) >= 11 is 0. The van der Waals surface area contributed by atoms with E-state index in [-0.39, 0.29) is 17.8 Å². The van der Waals surface area contributed by atoms with Gasteiger partial charge in [-0.2, -0.15) is 10.2 Å². The number of benzene rings is 1. The number of para-hydroxylation sites is 1. The van der Waals surface area contributed by atoms with E-state index in [4.69, 9.17) is 0 Å². The minimum atomic E-state index is -0.548. The molecule has 1 saturated heterocycles. The number of hydrogen-bond acceptors (Lipinski definition) is 6. The lowest BCUT2D eigenvalue weighted by molar-refractivity contribution is -0.113. The molecule has 24 heavy (non-hydrogen) atoms. The van der Waals surface area contributed by atoms with E-state index in [9.17, 15) is 9.90 Å². The van der Waals surface area contributed by atoms with Gasteiger partial charge in [0.2, 0.25) is 0 Å². The minimum absolute atomic E-state index is 0.162. The van der Waals surface area contributed by atoms with Crippen LogP contribution in [0, 0.1) is 0 Å². The molecule has 6 heteroatoms. The lowest BCUT2D eigenvalue weighted by Crippen LogP contribution is -2.63. The molecule has 3 rings (SSSR count). The smallest absolute Gasteiger partial charge is 0.134 e. The van der Waals surface area contributed by atoms with E-state index in [0.717, 1.165) is 24.0 Å². The van der Waals surface area contributed by atoms with Gasteiger partial charge in [0, 0.05) is 24.3 Å². The standard InChI is InChI=1S/C18H22N4O2/c1-13-11-19-17(15-5-3-4-6-16(15)24)18(2,22(13)9-10-23)14-7-8-20-21-12-14/h3-8,10,12-13,17,19,24H,9,11H2,1-2H3. The van der Waals surface area contributed by atoms with Gasteiger partial charge in [0.15, 0.2) is 0 Å². The SMILES string of the molecule is CC1CNC(c2ccccc2O)C(C)(c2ccnnc2)N1CC=O. The number of rotatable bonds is 4. The fourth-order valence-corrected chi connectivity index (χ4v) is 3.74. The molecule has 0 bridgehead atoms. The first kappa shape index (κ1) is 16.5. The Bertz CT molecular complexity index is 709. The molecule has 3 unspecified atom stereocenters. The quantitative estimate of drug-likeness (QED) is 0.832. The first-order valence-electron chi connectivity index (χ1n) is 8.08. The number of aromatic nitrogens is 2. The molecular weight excluding hydrogens is 304 g/mol. The first-order chi connectivity index (χ1) is 11.6. The Hall–Kier alpha value is -2.31. The van der Waals surface area contributed by atoms with Gasteiger partial charge in [-0.25, -0.2) is 0 Å². The van der Waals surface area contributed by atoms with Crippen LogP contribution in [0.3, 0.4) is 0 Å². The van der Waals surface area contributed by atoms with E-state index >= 15 is 0 Å². The second kappa shape index (κ2) is 6.67. The Kier molecular flexibility index (Phi) is 4.59. The zero-order valence-corrected chi connectivity index (χ0v) is 13.9. The molecule has 0 aliphatic carbocycles. The van der Waals surface area contributed by atoms with Gasteiger partial charge in [-0.3, -0.25) is 4.90 Å². The normalized spacial score (nSPS) is 27.8. The number of piperazine rings is 1. The molecule has 1 aliphatic rings. The van der Waals surface area contributed by atoms with Crippen LogP contribution in [0.15, 0.2) is 42.7 Å². The largest absolute Gasteiger partial charge is 0.508 e. The Morgan fingerprint density at radius 1 is 1.38 bits per heavy atom. The third kappa shape index (κ3) is 2.68. The van der Waals surface area contributed by atoms with Gasteiger partial charge in [0.25, 0.3) is 0 Å². The van der Waals surface area contributed by atoms with Gasteiger partial charge in [-0.05, 0) is 31.5 Å². The monoisotopic (exact) mass is 326 g/mol. The second-order valence-electron chi connectivity index (χ2n) is 6.35. The van der Waals surface area contributed by atoms with Gasteiger partial charge in [0.1, 0.15) is 12.0 Å². The average molecular weight is 326 g/mol. The minimum Gasteiger partial charge on any atom is -0.508 e. The molecule has 0 spiro atoms. The van der Waals surface area contributed by atoms with Crippen molar-refractivity contribution in [2.45, 2.75) is 31.5 Å². The summed E-state index contributed by atoms with van der Waals surface area (Å²) in [5.74, 6) is 0.240. The maximum atomic E-state index is 11.3. The van der Waals surface area contributed by atoms with Gasteiger partial charge < -0.3 is 15.2 Å². The molecule has 2 N–H and O–H groups in total. The maximum absolute atomic E-state index is 11.3. The van der Waals surface area contributed by atoms with Crippen LogP contribution in [-0.2, 0) is 10.3 Å². The number of aromatic hydroxyl groups is 1. The highest BCUT2D eigenvalue weighted by Crippen LogP contribution is 2.45. The van der Waals surface area contributed by atoms with Crippen molar-refractivity contribution in [2.75, 3.05) is 13.1 Å². The number of phenolic OH excluding ortho intramolecular Hbond substituents is 1. The highest BCUT2D eigenvalue weighted by molar-refractivity contribution is 5.53. The number of hydrogen-bond donors (Lipinski definition) is 2. The van der Waals surface area contributed by atoms with E-state index in [1.165, 1.54) is 0 Å². The molecule has 2 heterocycles. The predicted molar refractivity (Wildman–Crippen MR) is 90.5 cm³/mol. The lowest BCUT2D eigenvalue weighted by atomic mass is 9.77. The average Bonchev–Trinajstić information content (AvgIpc) is 2.60. The van der Waals surface area contributed by atoms with Crippen LogP contribution in [-0.4, -0.2) is 45.6 Å². The first-order valence-corrected chi connectivity index (χ1v) is 8.08. The topological polar surface area (TPSA) is 78.3 Å². The summed E-state index contributed by atoms with van der Waals surface area (Å²) in [4.78, 5) is 13.5. The molecular formula is C18H22N4O2. The summed E-state index contributed by atoms with van der Waals surface area (Å²) in [7, 11) is 0. The molecule has 126 valence electrons. The van der Waals surface area contributed by atoms with Crippen molar-refractivity contribution >= 4 is 6.29 Å². The van der Waals surface area contributed by atoms with Crippen molar-refractivity contribution in [2.24, 2.45) is 0 Å². The molecule has 0 radical (unpaired) electrons.